The molecule has 0 spiro atoms. The number of methoxy groups -OCH3 is 1. The molecular weight excluding hydrogens is 582 g/mol. The van der Waals surface area contributed by atoms with Crippen molar-refractivity contribution in [3.63, 3.8) is 0 Å². The van der Waals surface area contributed by atoms with Gasteiger partial charge in [-0.05, 0) is 72.1 Å². The molecular formula is C29H34BrN3O5S. The smallest absolute Gasteiger partial charge is 0.264 e. The van der Waals surface area contributed by atoms with Crippen molar-refractivity contribution in [1.29, 1.82) is 0 Å². The Balaban J connectivity index is 2.03. The second-order valence-corrected chi connectivity index (χ2v) is 11.8. The van der Waals surface area contributed by atoms with Gasteiger partial charge in [-0.25, -0.2) is 8.42 Å². The van der Waals surface area contributed by atoms with Crippen LogP contribution in [0.3, 0.4) is 0 Å². The van der Waals surface area contributed by atoms with Crippen LogP contribution >= 0.6 is 15.9 Å². The highest BCUT2D eigenvalue weighted by atomic mass is 79.9. The minimum Gasteiger partial charge on any atom is -0.496 e. The van der Waals surface area contributed by atoms with Crippen LogP contribution in [0.5, 0.6) is 5.75 Å². The van der Waals surface area contributed by atoms with Gasteiger partial charge >= 0.3 is 0 Å². The summed E-state index contributed by atoms with van der Waals surface area (Å²) in [4.78, 5) is 28.2. The van der Waals surface area contributed by atoms with E-state index >= 15 is 0 Å². The summed E-state index contributed by atoms with van der Waals surface area (Å²) in [6.07, 6.45) is 0.752. The van der Waals surface area contributed by atoms with Gasteiger partial charge < -0.3 is 15.0 Å². The molecule has 0 aliphatic rings. The van der Waals surface area contributed by atoms with Crippen molar-refractivity contribution < 1.29 is 22.7 Å². The third-order valence-electron chi connectivity index (χ3n) is 6.22. The van der Waals surface area contributed by atoms with Crippen LogP contribution in [0.25, 0.3) is 0 Å². The number of benzene rings is 3. The molecule has 0 aromatic heterocycles. The number of carbonyl (C=O) groups is 2. The number of nitrogens with zero attached hydrogens (tertiary/aromatic N) is 2. The number of aryl methyl sites for hydroxylation is 1. The van der Waals surface area contributed by atoms with Crippen LogP contribution in [0.15, 0.2) is 82.2 Å². The van der Waals surface area contributed by atoms with Gasteiger partial charge in [0.2, 0.25) is 11.8 Å². The van der Waals surface area contributed by atoms with E-state index < -0.39 is 28.5 Å². The van der Waals surface area contributed by atoms with Crippen LogP contribution in [0.1, 0.15) is 31.4 Å². The average molecular weight is 617 g/mol. The molecule has 0 aliphatic heterocycles. The van der Waals surface area contributed by atoms with Crippen LogP contribution in [-0.2, 0) is 26.2 Å². The number of rotatable bonds is 12. The molecule has 0 aliphatic carbocycles. The second-order valence-electron chi connectivity index (χ2n) is 9.12. The van der Waals surface area contributed by atoms with E-state index in [1.807, 2.05) is 44.2 Å². The molecule has 39 heavy (non-hydrogen) atoms. The van der Waals surface area contributed by atoms with E-state index in [2.05, 4.69) is 21.2 Å². The number of ether oxygens (including phenoxy) is 1. The molecule has 3 aromatic rings. The first-order valence-electron chi connectivity index (χ1n) is 12.6. The number of nitrogens with one attached hydrogen (secondary N) is 1. The van der Waals surface area contributed by atoms with Gasteiger partial charge in [0.15, 0.2) is 0 Å². The lowest BCUT2D eigenvalue weighted by Crippen LogP contribution is -2.51. The summed E-state index contributed by atoms with van der Waals surface area (Å²) >= 11 is 3.35. The van der Waals surface area contributed by atoms with Gasteiger partial charge in [0, 0.05) is 13.1 Å². The number of anilines is 1. The second kappa shape index (κ2) is 13.6. The fourth-order valence-electron chi connectivity index (χ4n) is 3.93. The summed E-state index contributed by atoms with van der Waals surface area (Å²) < 4.78 is 34.7. The Hall–Kier alpha value is -3.37. The molecule has 0 radical (unpaired) electrons. The van der Waals surface area contributed by atoms with Gasteiger partial charge in [-0.1, -0.05) is 55.0 Å². The molecule has 0 fully saturated rings. The third kappa shape index (κ3) is 7.60. The maximum atomic E-state index is 13.9. The van der Waals surface area contributed by atoms with E-state index in [-0.39, 0.29) is 17.3 Å². The molecule has 1 N–H and O–H groups in total. The molecule has 1 atom stereocenters. The first kappa shape index (κ1) is 30.2. The first-order chi connectivity index (χ1) is 18.6. The van der Waals surface area contributed by atoms with E-state index in [0.29, 0.717) is 22.5 Å². The van der Waals surface area contributed by atoms with Gasteiger partial charge in [-0.3, -0.25) is 13.9 Å². The fraction of sp³-hybridized carbons (Fsp3) is 0.310. The van der Waals surface area contributed by atoms with Gasteiger partial charge in [-0.15, -0.1) is 0 Å². The molecule has 208 valence electrons. The first-order valence-corrected chi connectivity index (χ1v) is 14.9. The van der Waals surface area contributed by atoms with Crippen molar-refractivity contribution in [2.75, 3.05) is 24.5 Å². The van der Waals surface area contributed by atoms with Gasteiger partial charge in [0.1, 0.15) is 18.3 Å². The summed E-state index contributed by atoms with van der Waals surface area (Å²) in [6.45, 7) is 5.62. The summed E-state index contributed by atoms with van der Waals surface area (Å²) in [6, 6.07) is 19.8. The number of hydrogen-bond donors (Lipinski definition) is 1. The van der Waals surface area contributed by atoms with E-state index in [9.17, 15) is 18.0 Å². The molecule has 10 heteroatoms. The molecule has 0 heterocycles. The predicted octanol–water partition coefficient (Wildman–Crippen LogP) is 4.90. The van der Waals surface area contributed by atoms with Crippen LogP contribution in [0.2, 0.25) is 0 Å². The molecule has 0 saturated heterocycles. The summed E-state index contributed by atoms with van der Waals surface area (Å²) in [5.74, 6) is -0.326. The van der Waals surface area contributed by atoms with Crippen molar-refractivity contribution in [3.05, 3.63) is 88.4 Å². The highest BCUT2D eigenvalue weighted by Crippen LogP contribution is 2.31. The zero-order valence-corrected chi connectivity index (χ0v) is 25.0. The maximum Gasteiger partial charge on any atom is 0.264 e. The Morgan fingerprint density at radius 3 is 2.28 bits per heavy atom. The predicted molar refractivity (Wildman–Crippen MR) is 156 cm³/mol. The fourth-order valence-corrected chi connectivity index (χ4v) is 6.07. The summed E-state index contributed by atoms with van der Waals surface area (Å²) in [7, 11) is -2.69. The van der Waals surface area contributed by atoms with Crippen molar-refractivity contribution >= 4 is 43.5 Å². The standard InChI is InChI=1S/C29H34BrN3O5S/c1-5-17-31-29(35)22(3)32(19-23-9-7-6-8-10-23)28(34)20-33(24-13-11-21(2)12-14-24)39(36,37)25-15-16-27(38-4)26(30)18-25/h6-16,18,22H,5,17,19-20H2,1-4H3,(H,31,35). The molecule has 0 bridgehead atoms. The SMILES string of the molecule is CCCNC(=O)C(C)N(Cc1ccccc1)C(=O)CN(c1ccc(C)cc1)S(=O)(=O)c1ccc(OC)c(Br)c1. The number of halogens is 1. The lowest BCUT2D eigenvalue weighted by atomic mass is 10.1. The Labute approximate surface area is 239 Å². The normalized spacial score (nSPS) is 11.9. The molecule has 0 saturated carbocycles. The minimum absolute atomic E-state index is 0.00750. The highest BCUT2D eigenvalue weighted by molar-refractivity contribution is 9.10. The molecule has 3 rings (SSSR count). The zero-order valence-electron chi connectivity index (χ0n) is 22.6. The lowest BCUT2D eigenvalue weighted by molar-refractivity contribution is -0.139. The monoisotopic (exact) mass is 615 g/mol. The van der Waals surface area contributed by atoms with E-state index in [4.69, 9.17) is 4.74 Å². The third-order valence-corrected chi connectivity index (χ3v) is 8.61. The van der Waals surface area contributed by atoms with Crippen LogP contribution in [-0.4, -0.2) is 51.4 Å². The average Bonchev–Trinajstić information content (AvgIpc) is 2.93. The molecule has 8 nitrogen and oxygen atoms in total. The number of amides is 2. The van der Waals surface area contributed by atoms with Crippen LogP contribution in [0, 0.1) is 6.92 Å². The van der Waals surface area contributed by atoms with Crippen LogP contribution in [0.4, 0.5) is 5.69 Å². The zero-order chi connectivity index (χ0) is 28.6. The Morgan fingerprint density at radius 2 is 1.69 bits per heavy atom. The largest absolute Gasteiger partial charge is 0.496 e. The van der Waals surface area contributed by atoms with E-state index in [1.54, 1.807) is 37.3 Å². The van der Waals surface area contributed by atoms with Gasteiger partial charge in [-0.2, -0.15) is 0 Å². The maximum absolute atomic E-state index is 13.9. The Bertz CT molecular complexity index is 1380. The minimum atomic E-state index is -4.18. The Morgan fingerprint density at radius 1 is 1.03 bits per heavy atom. The Kier molecular flexibility index (Phi) is 10.5. The highest BCUT2D eigenvalue weighted by Gasteiger charge is 2.32. The van der Waals surface area contributed by atoms with Crippen molar-refractivity contribution in [1.82, 2.24) is 10.2 Å². The number of carbonyl (C=O) groups excluding carboxylic acids is 2. The topological polar surface area (TPSA) is 96.0 Å². The molecule has 1 unspecified atom stereocenters. The van der Waals surface area contributed by atoms with Crippen LogP contribution < -0.4 is 14.4 Å². The molecule has 3 aromatic carbocycles. The van der Waals surface area contributed by atoms with Crippen molar-refractivity contribution in [3.8, 4) is 5.75 Å². The van der Waals surface area contributed by atoms with Crippen molar-refractivity contribution in [2.24, 2.45) is 0 Å². The van der Waals surface area contributed by atoms with E-state index in [1.165, 1.54) is 24.1 Å². The number of hydrogen-bond acceptors (Lipinski definition) is 5. The molecule has 2 amide bonds. The van der Waals surface area contributed by atoms with Crippen molar-refractivity contribution in [2.45, 2.75) is 44.7 Å². The summed E-state index contributed by atoms with van der Waals surface area (Å²) in [5, 5.41) is 2.84. The van der Waals surface area contributed by atoms with Gasteiger partial charge in [0.05, 0.1) is 22.2 Å². The summed E-state index contributed by atoms with van der Waals surface area (Å²) in [5.41, 5.74) is 2.11. The quantitative estimate of drug-likeness (QED) is 0.312. The lowest BCUT2D eigenvalue weighted by Gasteiger charge is -2.32. The van der Waals surface area contributed by atoms with Gasteiger partial charge in [0.25, 0.3) is 10.0 Å². The van der Waals surface area contributed by atoms with E-state index in [0.717, 1.165) is 21.9 Å². The number of sulfonamides is 1.